The largest absolute Gasteiger partial charge is 0.420 e. The summed E-state index contributed by atoms with van der Waals surface area (Å²) in [6, 6.07) is 4.35. The van der Waals surface area contributed by atoms with Gasteiger partial charge in [-0.25, -0.2) is 4.79 Å². The number of carbonyl (C=O) groups excluding carboxylic acids is 1. The monoisotopic (exact) mass is 291 g/mol. The van der Waals surface area contributed by atoms with E-state index >= 15 is 0 Å². The third kappa shape index (κ3) is 3.09. The Kier molecular flexibility index (Phi) is 4.35. The number of nitrogens with two attached hydrogens (primary N) is 1. The first-order chi connectivity index (χ1) is 9.93. The van der Waals surface area contributed by atoms with Gasteiger partial charge in [-0.3, -0.25) is 9.36 Å². The minimum absolute atomic E-state index is 0.0730. The molecular formula is C15H21N3O3. The van der Waals surface area contributed by atoms with Crippen LogP contribution in [0.5, 0.6) is 0 Å². The molecular weight excluding hydrogens is 270 g/mol. The van der Waals surface area contributed by atoms with Crippen LogP contribution in [-0.4, -0.2) is 16.5 Å². The van der Waals surface area contributed by atoms with Crippen molar-refractivity contribution in [1.29, 1.82) is 0 Å². The van der Waals surface area contributed by atoms with Gasteiger partial charge in [-0.05, 0) is 38.5 Å². The topological polar surface area (TPSA) is 90.3 Å². The van der Waals surface area contributed by atoms with E-state index in [0.29, 0.717) is 16.8 Å². The number of nitrogens with one attached hydrogen (secondary N) is 1. The number of benzene rings is 1. The predicted molar refractivity (Wildman–Crippen MR) is 82.1 cm³/mol. The van der Waals surface area contributed by atoms with Crippen LogP contribution in [0.15, 0.2) is 27.4 Å². The number of carbonyl (C=O) groups is 1. The number of hydrogen-bond acceptors (Lipinski definition) is 4. The Morgan fingerprint density at radius 3 is 2.81 bits per heavy atom. The third-order valence-electron chi connectivity index (χ3n) is 3.51. The lowest BCUT2D eigenvalue weighted by Crippen LogP contribution is -2.39. The van der Waals surface area contributed by atoms with Gasteiger partial charge in [0, 0.05) is 11.7 Å². The average molecular weight is 291 g/mol. The fourth-order valence-electron chi connectivity index (χ4n) is 2.40. The molecule has 1 heterocycles. The van der Waals surface area contributed by atoms with E-state index in [0.717, 1.165) is 12.8 Å². The van der Waals surface area contributed by atoms with E-state index in [9.17, 15) is 9.59 Å². The van der Waals surface area contributed by atoms with Crippen molar-refractivity contribution in [3.63, 3.8) is 0 Å². The van der Waals surface area contributed by atoms with E-state index in [1.165, 1.54) is 4.57 Å². The number of nitrogen functional groups attached to an aromatic ring is 1. The molecule has 2 aromatic rings. The number of fused-ring (bicyclic) bond motifs is 1. The molecule has 0 aliphatic carbocycles. The van der Waals surface area contributed by atoms with Crippen LogP contribution in [0.25, 0.3) is 11.1 Å². The fourth-order valence-corrected chi connectivity index (χ4v) is 2.40. The molecule has 114 valence electrons. The minimum Gasteiger partial charge on any atom is -0.408 e. The molecule has 21 heavy (non-hydrogen) atoms. The zero-order valence-corrected chi connectivity index (χ0v) is 12.6. The van der Waals surface area contributed by atoms with Crippen LogP contribution in [0.3, 0.4) is 0 Å². The summed E-state index contributed by atoms with van der Waals surface area (Å²) in [6.07, 6.45) is 1.88. The molecule has 0 saturated heterocycles. The molecule has 0 aliphatic heterocycles. The lowest BCUT2D eigenvalue weighted by Gasteiger charge is -2.17. The molecule has 0 aliphatic rings. The van der Waals surface area contributed by atoms with Crippen LogP contribution >= 0.6 is 0 Å². The van der Waals surface area contributed by atoms with Crippen LogP contribution in [0.1, 0.15) is 39.7 Å². The van der Waals surface area contributed by atoms with Gasteiger partial charge in [-0.2, -0.15) is 0 Å². The molecule has 6 heteroatoms. The highest BCUT2D eigenvalue weighted by atomic mass is 16.4. The molecule has 0 radical (unpaired) electrons. The number of oxazole rings is 1. The van der Waals surface area contributed by atoms with E-state index in [1.54, 1.807) is 25.1 Å². The van der Waals surface area contributed by atoms with Gasteiger partial charge in [0.25, 0.3) is 0 Å². The molecule has 1 aromatic heterocycles. The first-order valence-electron chi connectivity index (χ1n) is 7.15. The van der Waals surface area contributed by atoms with Crippen molar-refractivity contribution in [2.24, 2.45) is 0 Å². The maximum Gasteiger partial charge on any atom is 0.420 e. The zero-order chi connectivity index (χ0) is 15.6. The Bertz CT molecular complexity index is 702. The molecule has 2 rings (SSSR count). The van der Waals surface area contributed by atoms with Gasteiger partial charge in [0.15, 0.2) is 5.58 Å². The summed E-state index contributed by atoms with van der Waals surface area (Å²) >= 11 is 0. The molecule has 0 saturated carbocycles. The second-order valence-electron chi connectivity index (χ2n) is 5.34. The average Bonchev–Trinajstić information content (AvgIpc) is 2.73. The molecule has 2 atom stereocenters. The Balaban J connectivity index is 2.32. The Hall–Kier alpha value is -2.24. The number of rotatable bonds is 5. The quantitative estimate of drug-likeness (QED) is 0.825. The highest BCUT2D eigenvalue weighted by Gasteiger charge is 2.22. The number of amides is 1. The van der Waals surface area contributed by atoms with Crippen LogP contribution in [-0.2, 0) is 4.79 Å². The molecule has 0 spiro atoms. The van der Waals surface area contributed by atoms with Gasteiger partial charge in [0.1, 0.15) is 6.04 Å². The minimum atomic E-state index is -0.653. The predicted octanol–water partition coefficient (Wildman–Crippen LogP) is 2.04. The molecule has 1 aromatic carbocycles. The highest BCUT2D eigenvalue weighted by molar-refractivity contribution is 5.84. The van der Waals surface area contributed by atoms with Gasteiger partial charge < -0.3 is 15.5 Å². The van der Waals surface area contributed by atoms with Crippen molar-refractivity contribution in [2.75, 3.05) is 5.73 Å². The normalized spacial score (nSPS) is 14.0. The van der Waals surface area contributed by atoms with Gasteiger partial charge in [0.05, 0.1) is 5.52 Å². The summed E-state index contributed by atoms with van der Waals surface area (Å²) in [4.78, 5) is 24.2. The lowest BCUT2D eigenvalue weighted by molar-refractivity contribution is -0.124. The van der Waals surface area contributed by atoms with Crippen molar-refractivity contribution in [3.8, 4) is 0 Å². The van der Waals surface area contributed by atoms with Gasteiger partial charge in [-0.1, -0.05) is 13.3 Å². The van der Waals surface area contributed by atoms with E-state index in [1.807, 2.05) is 6.92 Å². The van der Waals surface area contributed by atoms with Crippen LogP contribution in [0, 0.1) is 0 Å². The zero-order valence-electron chi connectivity index (χ0n) is 12.6. The smallest absolute Gasteiger partial charge is 0.408 e. The lowest BCUT2D eigenvalue weighted by atomic mass is 10.2. The van der Waals surface area contributed by atoms with Crippen LogP contribution < -0.4 is 16.8 Å². The number of aromatic nitrogens is 1. The highest BCUT2D eigenvalue weighted by Crippen LogP contribution is 2.20. The van der Waals surface area contributed by atoms with Crippen LogP contribution in [0.2, 0.25) is 0 Å². The first-order valence-corrected chi connectivity index (χ1v) is 7.15. The maximum absolute atomic E-state index is 12.3. The van der Waals surface area contributed by atoms with E-state index in [4.69, 9.17) is 10.2 Å². The summed E-state index contributed by atoms with van der Waals surface area (Å²) in [6.45, 7) is 5.68. The van der Waals surface area contributed by atoms with Crippen LogP contribution in [0.4, 0.5) is 5.69 Å². The first kappa shape index (κ1) is 15.2. The van der Waals surface area contributed by atoms with E-state index < -0.39 is 11.8 Å². The molecule has 1 amide bonds. The molecule has 3 N–H and O–H groups in total. The summed E-state index contributed by atoms with van der Waals surface area (Å²) in [5, 5.41) is 2.90. The maximum atomic E-state index is 12.3. The number of nitrogens with zero attached hydrogens (tertiary/aromatic N) is 1. The van der Waals surface area contributed by atoms with Crippen molar-refractivity contribution >= 4 is 22.7 Å². The van der Waals surface area contributed by atoms with Crippen molar-refractivity contribution in [1.82, 2.24) is 9.88 Å². The summed E-state index contributed by atoms with van der Waals surface area (Å²) in [5.41, 5.74) is 7.22. The van der Waals surface area contributed by atoms with E-state index in [-0.39, 0.29) is 11.9 Å². The van der Waals surface area contributed by atoms with Gasteiger partial charge >= 0.3 is 5.76 Å². The molecule has 0 fully saturated rings. The van der Waals surface area contributed by atoms with E-state index in [2.05, 4.69) is 12.2 Å². The second-order valence-corrected chi connectivity index (χ2v) is 5.34. The summed E-state index contributed by atoms with van der Waals surface area (Å²) in [7, 11) is 0. The third-order valence-corrected chi connectivity index (χ3v) is 3.51. The van der Waals surface area contributed by atoms with Gasteiger partial charge in [0.2, 0.25) is 5.91 Å². The standard InChI is InChI=1S/C15H21N3O3/c1-4-5-9(2)17-14(19)10(3)18-12-8-11(16)6-7-13(12)21-15(18)20/h6-10H,4-5,16H2,1-3H3,(H,17,19). The Morgan fingerprint density at radius 1 is 1.43 bits per heavy atom. The van der Waals surface area contributed by atoms with Gasteiger partial charge in [-0.15, -0.1) is 0 Å². The number of hydrogen-bond donors (Lipinski definition) is 2. The summed E-state index contributed by atoms with van der Waals surface area (Å²) < 4.78 is 6.48. The number of anilines is 1. The Labute approximate surface area is 122 Å². The molecule has 0 bridgehead atoms. The summed E-state index contributed by atoms with van der Waals surface area (Å²) in [5.74, 6) is -0.760. The molecule has 2 unspecified atom stereocenters. The second kappa shape index (κ2) is 6.03. The van der Waals surface area contributed by atoms with Crippen molar-refractivity contribution in [3.05, 3.63) is 28.7 Å². The van der Waals surface area contributed by atoms with Crippen molar-refractivity contribution in [2.45, 2.75) is 45.7 Å². The SMILES string of the molecule is CCCC(C)NC(=O)C(C)n1c(=O)oc2ccc(N)cc21. The molecule has 6 nitrogen and oxygen atoms in total. The fraction of sp³-hybridized carbons (Fsp3) is 0.467. The van der Waals surface area contributed by atoms with Crippen molar-refractivity contribution < 1.29 is 9.21 Å². The Morgan fingerprint density at radius 2 is 2.14 bits per heavy atom.